The molecule has 0 spiro atoms. The van der Waals surface area contributed by atoms with Crippen LogP contribution in [0.25, 0.3) is 11.0 Å². The monoisotopic (exact) mass is 542 g/mol. The highest BCUT2D eigenvalue weighted by molar-refractivity contribution is 6.01. The van der Waals surface area contributed by atoms with Crippen LogP contribution in [0.2, 0.25) is 0 Å². The maximum atomic E-state index is 13.8. The number of aromatic nitrogens is 4. The maximum absolute atomic E-state index is 13.8. The first-order valence-corrected chi connectivity index (χ1v) is 14.9. The summed E-state index contributed by atoms with van der Waals surface area (Å²) in [4.78, 5) is 42.3. The molecule has 4 bridgehead atoms. The average Bonchev–Trinajstić information content (AvgIpc) is 3.57. The summed E-state index contributed by atoms with van der Waals surface area (Å²) in [7, 11) is 3.54. The van der Waals surface area contributed by atoms with E-state index in [1.54, 1.807) is 31.4 Å². The summed E-state index contributed by atoms with van der Waals surface area (Å²) in [5.41, 5.74) is 1.79. The fourth-order valence-corrected chi connectivity index (χ4v) is 8.46. The molecule has 40 heavy (non-hydrogen) atoms. The van der Waals surface area contributed by atoms with Crippen LogP contribution in [-0.4, -0.2) is 61.4 Å². The van der Waals surface area contributed by atoms with Crippen LogP contribution < -0.4 is 5.32 Å². The number of aliphatic hydroxyl groups is 1. The van der Waals surface area contributed by atoms with Crippen molar-refractivity contribution in [2.24, 2.45) is 23.2 Å². The predicted octanol–water partition coefficient (Wildman–Crippen LogP) is 5.15. The second-order valence-corrected chi connectivity index (χ2v) is 12.9. The van der Waals surface area contributed by atoms with Crippen molar-refractivity contribution in [2.75, 3.05) is 19.4 Å². The predicted molar refractivity (Wildman–Crippen MR) is 152 cm³/mol. The lowest BCUT2D eigenvalue weighted by Gasteiger charge is -2.61. The number of anilines is 2. The summed E-state index contributed by atoms with van der Waals surface area (Å²) in [5, 5.41) is 14.4. The van der Waals surface area contributed by atoms with Gasteiger partial charge in [0.05, 0.1) is 6.10 Å². The van der Waals surface area contributed by atoms with E-state index in [9.17, 15) is 14.7 Å². The van der Waals surface area contributed by atoms with Crippen LogP contribution in [0, 0.1) is 23.2 Å². The summed E-state index contributed by atoms with van der Waals surface area (Å²) in [6, 6.07) is 5.84. The van der Waals surface area contributed by atoms with Crippen LogP contribution in [0.4, 0.5) is 11.8 Å². The Bertz CT molecular complexity index is 1460. The summed E-state index contributed by atoms with van der Waals surface area (Å²) >= 11 is 0. The Balaban J connectivity index is 1.13. The van der Waals surface area contributed by atoms with Crippen molar-refractivity contribution in [3.8, 4) is 0 Å². The van der Waals surface area contributed by atoms with Gasteiger partial charge in [-0.3, -0.25) is 9.59 Å². The van der Waals surface area contributed by atoms with Gasteiger partial charge in [-0.2, -0.15) is 4.98 Å². The number of carbonyl (C=O) groups excluding carboxylic acids is 2. The van der Waals surface area contributed by atoms with Crippen molar-refractivity contribution in [3.63, 3.8) is 0 Å². The van der Waals surface area contributed by atoms with E-state index in [4.69, 9.17) is 4.98 Å². The number of Topliss-reactive ketones (excluding diaryl/α,β-unsaturated/α-hetero) is 1. The highest BCUT2D eigenvalue weighted by Gasteiger charge is 2.61. The number of pyridine rings is 1. The molecule has 5 saturated carbocycles. The van der Waals surface area contributed by atoms with Gasteiger partial charge in [0, 0.05) is 48.9 Å². The number of fused-ring (bicyclic) bond motifs is 4. The van der Waals surface area contributed by atoms with Gasteiger partial charge < -0.3 is 19.9 Å². The van der Waals surface area contributed by atoms with Gasteiger partial charge in [0.25, 0.3) is 5.91 Å². The lowest BCUT2D eigenvalue weighted by Crippen LogP contribution is -2.58. The minimum absolute atomic E-state index is 0.0349. The molecule has 3 aromatic rings. The van der Waals surface area contributed by atoms with Crippen molar-refractivity contribution in [2.45, 2.75) is 76.4 Å². The average molecular weight is 543 g/mol. The minimum Gasteiger partial charge on any atom is -0.393 e. The standard InChI is InChI=1S/C31H38N6O3/c1-36(2)29(40)25-13-21-17-33-30(35-28(21)37(25)22-5-3-4-6-22)34-26-10-8-19(16-32-26)27(39)31-14-18-7-9-24(31)20(15-31)12-23(38)11-18/h8,10,13,16-18,20,22-24,38H,3-7,9,11-12,14-15H2,1-2H3,(H,32,33,34,35)/t18?,20?,23-,24?,31?/m1/s1. The van der Waals surface area contributed by atoms with Gasteiger partial charge in [-0.15, -0.1) is 0 Å². The number of ketones is 1. The molecule has 3 aromatic heterocycles. The van der Waals surface area contributed by atoms with E-state index < -0.39 is 0 Å². The van der Waals surface area contributed by atoms with Gasteiger partial charge in [-0.1, -0.05) is 19.3 Å². The lowest BCUT2D eigenvalue weighted by molar-refractivity contribution is -0.109. The number of nitrogens with one attached hydrogen (secondary N) is 1. The zero-order valence-corrected chi connectivity index (χ0v) is 23.3. The van der Waals surface area contributed by atoms with Crippen LogP contribution >= 0.6 is 0 Å². The maximum Gasteiger partial charge on any atom is 0.270 e. The summed E-state index contributed by atoms with van der Waals surface area (Å²) in [6.07, 6.45) is 13.3. The second kappa shape index (κ2) is 9.65. The van der Waals surface area contributed by atoms with Crippen LogP contribution in [0.1, 0.15) is 91.1 Å². The smallest absolute Gasteiger partial charge is 0.270 e. The molecule has 9 nitrogen and oxygen atoms in total. The molecular formula is C31H38N6O3. The van der Waals surface area contributed by atoms with Gasteiger partial charge in [0.2, 0.25) is 5.95 Å². The van der Waals surface area contributed by atoms with E-state index in [2.05, 4.69) is 19.9 Å². The molecule has 5 atom stereocenters. The number of aliphatic hydroxyl groups excluding tert-OH is 1. The Hall–Kier alpha value is -3.33. The van der Waals surface area contributed by atoms with Crippen molar-refractivity contribution in [3.05, 3.63) is 41.9 Å². The molecule has 5 fully saturated rings. The molecule has 5 aliphatic rings. The zero-order chi connectivity index (χ0) is 27.6. The van der Waals surface area contributed by atoms with Gasteiger partial charge in [0.15, 0.2) is 5.78 Å². The van der Waals surface area contributed by atoms with Gasteiger partial charge in [0.1, 0.15) is 17.2 Å². The Kier molecular flexibility index (Phi) is 6.18. The molecule has 0 aromatic carbocycles. The van der Waals surface area contributed by atoms with E-state index in [-0.39, 0.29) is 29.3 Å². The second-order valence-electron chi connectivity index (χ2n) is 12.9. The first kappa shape index (κ1) is 25.6. The van der Waals surface area contributed by atoms with E-state index in [1.807, 2.05) is 18.2 Å². The first-order valence-electron chi connectivity index (χ1n) is 14.9. The van der Waals surface area contributed by atoms with Crippen LogP contribution in [0.3, 0.4) is 0 Å². The fraction of sp³-hybridized carbons (Fsp3) is 0.581. The fourth-order valence-electron chi connectivity index (χ4n) is 8.46. The highest BCUT2D eigenvalue weighted by atomic mass is 16.3. The SMILES string of the molecule is CN(C)C(=O)c1cc2cnc(Nc3ccc(C(=O)C45CC6CCC4C(C[C@H](O)C6)C5)cn3)nc2n1C1CCCC1. The molecule has 3 heterocycles. The summed E-state index contributed by atoms with van der Waals surface area (Å²) in [6.45, 7) is 0. The van der Waals surface area contributed by atoms with E-state index >= 15 is 0 Å². The zero-order valence-electron chi connectivity index (χ0n) is 23.3. The topological polar surface area (TPSA) is 113 Å². The molecule has 210 valence electrons. The number of hydrogen-bond donors (Lipinski definition) is 2. The number of nitrogens with zero attached hydrogens (tertiary/aromatic N) is 5. The molecule has 0 radical (unpaired) electrons. The number of amides is 1. The molecule has 8 rings (SSSR count). The normalized spacial score (nSPS) is 29.6. The molecule has 5 aliphatic carbocycles. The molecule has 2 N–H and O–H groups in total. The summed E-state index contributed by atoms with van der Waals surface area (Å²) in [5.74, 6) is 2.48. The quantitative estimate of drug-likeness (QED) is 0.414. The third-order valence-corrected chi connectivity index (χ3v) is 10.2. The van der Waals surface area contributed by atoms with Crippen LogP contribution in [0.5, 0.6) is 0 Å². The van der Waals surface area contributed by atoms with Gasteiger partial charge >= 0.3 is 0 Å². The Morgan fingerprint density at radius 3 is 2.62 bits per heavy atom. The van der Waals surface area contributed by atoms with E-state index in [0.29, 0.717) is 40.8 Å². The van der Waals surface area contributed by atoms with Crippen LogP contribution in [0.15, 0.2) is 30.6 Å². The largest absolute Gasteiger partial charge is 0.393 e. The Morgan fingerprint density at radius 1 is 1.05 bits per heavy atom. The summed E-state index contributed by atoms with van der Waals surface area (Å²) < 4.78 is 2.10. The number of hydrogen-bond acceptors (Lipinski definition) is 7. The molecule has 0 saturated heterocycles. The lowest BCUT2D eigenvalue weighted by atomic mass is 9.42. The highest BCUT2D eigenvalue weighted by Crippen LogP contribution is 2.64. The van der Waals surface area contributed by atoms with Gasteiger partial charge in [-0.25, -0.2) is 9.97 Å². The molecular weight excluding hydrogens is 504 g/mol. The third kappa shape index (κ3) is 4.12. The third-order valence-electron chi connectivity index (χ3n) is 10.2. The van der Waals surface area contributed by atoms with E-state index in [0.717, 1.165) is 75.2 Å². The van der Waals surface area contributed by atoms with Crippen molar-refractivity contribution >= 4 is 34.5 Å². The number of carbonyl (C=O) groups is 2. The Labute approximate surface area is 234 Å². The molecule has 9 heteroatoms. The van der Waals surface area contributed by atoms with Gasteiger partial charge in [-0.05, 0) is 80.9 Å². The first-order chi connectivity index (χ1) is 19.3. The molecule has 0 aliphatic heterocycles. The van der Waals surface area contributed by atoms with Crippen molar-refractivity contribution in [1.29, 1.82) is 0 Å². The number of rotatable bonds is 6. The van der Waals surface area contributed by atoms with E-state index in [1.165, 1.54) is 0 Å². The van der Waals surface area contributed by atoms with Crippen LogP contribution in [-0.2, 0) is 0 Å². The minimum atomic E-state index is -0.272. The van der Waals surface area contributed by atoms with Crippen molar-refractivity contribution < 1.29 is 14.7 Å². The molecule has 1 amide bonds. The Morgan fingerprint density at radius 2 is 1.88 bits per heavy atom. The van der Waals surface area contributed by atoms with Crippen molar-refractivity contribution in [1.82, 2.24) is 24.4 Å². The molecule has 4 unspecified atom stereocenters.